The summed E-state index contributed by atoms with van der Waals surface area (Å²) < 4.78 is 24.0. The molecule has 2 aromatic carbocycles. The summed E-state index contributed by atoms with van der Waals surface area (Å²) in [6.45, 7) is 2.13. The number of ether oxygens (including phenoxy) is 2. The molecular formula is C18H21O5P. The van der Waals surface area contributed by atoms with Crippen LogP contribution in [0.25, 0.3) is 10.8 Å². The number of fused-ring (bicyclic) bond motifs is 1. The van der Waals surface area contributed by atoms with Crippen LogP contribution in [-0.4, -0.2) is 35.8 Å². The zero-order valence-corrected chi connectivity index (χ0v) is 14.4. The minimum atomic E-state index is -3.68. The quantitative estimate of drug-likeness (QED) is 0.664. The minimum absolute atomic E-state index is 0.0205. The second-order valence-corrected chi connectivity index (χ2v) is 8.31. The van der Waals surface area contributed by atoms with Crippen LogP contribution in [0.3, 0.4) is 0 Å². The van der Waals surface area contributed by atoms with Gasteiger partial charge in [0.2, 0.25) is 7.37 Å². The van der Waals surface area contributed by atoms with Crippen LogP contribution >= 0.6 is 7.37 Å². The summed E-state index contributed by atoms with van der Waals surface area (Å²) in [5, 5.41) is 2.15. The average Bonchev–Trinajstić information content (AvgIpc) is 3.08. The van der Waals surface area contributed by atoms with E-state index in [1.165, 1.54) is 0 Å². The zero-order chi connectivity index (χ0) is 17.2. The van der Waals surface area contributed by atoms with Crippen molar-refractivity contribution in [1.29, 1.82) is 0 Å². The van der Waals surface area contributed by atoms with Crippen LogP contribution in [0.2, 0.25) is 0 Å². The molecule has 1 aliphatic heterocycles. The topological polar surface area (TPSA) is 72.8 Å². The molecule has 1 saturated heterocycles. The highest BCUT2D eigenvalue weighted by atomic mass is 31.2. The van der Waals surface area contributed by atoms with Crippen LogP contribution < -0.4 is 5.30 Å². The lowest BCUT2D eigenvalue weighted by molar-refractivity contribution is -0.146. The van der Waals surface area contributed by atoms with Crippen LogP contribution in [0.5, 0.6) is 0 Å². The van der Waals surface area contributed by atoms with E-state index in [1.807, 2.05) is 30.3 Å². The first kappa shape index (κ1) is 17.2. The predicted molar refractivity (Wildman–Crippen MR) is 92.8 cm³/mol. The van der Waals surface area contributed by atoms with Crippen LogP contribution in [0.1, 0.15) is 19.8 Å². The van der Waals surface area contributed by atoms with Crippen LogP contribution in [0.4, 0.5) is 0 Å². The van der Waals surface area contributed by atoms with Crippen LogP contribution in [0.15, 0.2) is 42.5 Å². The fraction of sp³-hybridized carbons (Fsp3) is 0.389. The highest BCUT2D eigenvalue weighted by Crippen LogP contribution is 2.52. The van der Waals surface area contributed by atoms with Gasteiger partial charge in [0, 0.05) is 18.3 Å². The van der Waals surface area contributed by atoms with Gasteiger partial charge >= 0.3 is 5.97 Å². The SMILES string of the molecule is CCC(=O)OCC1OCCC1P(=O)(O)c1cccc2ccccc12. The second kappa shape index (κ2) is 7.06. The molecule has 1 heterocycles. The van der Waals surface area contributed by atoms with Gasteiger partial charge in [0.05, 0.1) is 5.66 Å². The third kappa shape index (κ3) is 3.25. The van der Waals surface area contributed by atoms with Gasteiger partial charge < -0.3 is 14.4 Å². The maximum Gasteiger partial charge on any atom is 0.305 e. The lowest BCUT2D eigenvalue weighted by Gasteiger charge is -2.24. The molecule has 1 fully saturated rings. The van der Waals surface area contributed by atoms with Crippen molar-refractivity contribution in [2.24, 2.45) is 0 Å². The summed E-state index contributed by atoms with van der Waals surface area (Å²) in [5.74, 6) is -0.331. The number of benzene rings is 2. The van der Waals surface area contributed by atoms with Crippen molar-refractivity contribution >= 4 is 29.4 Å². The van der Waals surface area contributed by atoms with Gasteiger partial charge in [-0.2, -0.15) is 0 Å². The summed E-state index contributed by atoms with van der Waals surface area (Å²) >= 11 is 0. The Morgan fingerprint density at radius 1 is 1.29 bits per heavy atom. The van der Waals surface area contributed by atoms with Crippen molar-refractivity contribution in [3.8, 4) is 0 Å². The van der Waals surface area contributed by atoms with E-state index >= 15 is 0 Å². The molecule has 3 atom stereocenters. The smallest absolute Gasteiger partial charge is 0.305 e. The predicted octanol–water partition coefficient (Wildman–Crippen LogP) is 2.85. The van der Waals surface area contributed by atoms with Gasteiger partial charge in [0.25, 0.3) is 0 Å². The Morgan fingerprint density at radius 3 is 2.83 bits per heavy atom. The van der Waals surface area contributed by atoms with Gasteiger partial charge in [-0.15, -0.1) is 0 Å². The Morgan fingerprint density at radius 2 is 2.04 bits per heavy atom. The number of esters is 1. The van der Waals surface area contributed by atoms with Gasteiger partial charge in [-0.1, -0.05) is 43.3 Å². The van der Waals surface area contributed by atoms with E-state index < -0.39 is 19.1 Å². The monoisotopic (exact) mass is 348 g/mol. The van der Waals surface area contributed by atoms with Crippen molar-refractivity contribution < 1.29 is 23.7 Å². The highest BCUT2D eigenvalue weighted by molar-refractivity contribution is 7.67. The third-order valence-electron chi connectivity index (χ3n) is 4.43. The van der Waals surface area contributed by atoms with Crippen molar-refractivity contribution in [3.63, 3.8) is 0 Å². The molecule has 0 aliphatic carbocycles. The molecular weight excluding hydrogens is 327 g/mol. The molecule has 0 saturated carbocycles. The Hall–Kier alpha value is -1.68. The summed E-state index contributed by atoms with van der Waals surface area (Å²) in [5.41, 5.74) is -0.562. The van der Waals surface area contributed by atoms with Crippen LogP contribution in [-0.2, 0) is 18.8 Å². The normalized spacial score (nSPS) is 23.1. The summed E-state index contributed by atoms with van der Waals surface area (Å²) in [6.07, 6.45) is 0.207. The standard InChI is InChI=1S/C18H21O5P/c1-2-18(19)23-12-15-17(10-11-22-15)24(20,21)16-9-5-7-13-6-3-4-8-14(13)16/h3-9,15,17H,2,10-12H2,1H3,(H,20,21). The largest absolute Gasteiger partial charge is 0.463 e. The number of carbonyl (C=O) groups excluding carboxylic acids is 1. The summed E-state index contributed by atoms with van der Waals surface area (Å²) in [7, 11) is -3.68. The molecule has 3 rings (SSSR count). The first-order valence-corrected chi connectivity index (χ1v) is 9.85. The van der Waals surface area contributed by atoms with Gasteiger partial charge in [-0.25, -0.2) is 0 Å². The maximum absolute atomic E-state index is 13.3. The molecule has 2 aromatic rings. The molecule has 1 aliphatic rings. The van der Waals surface area contributed by atoms with Gasteiger partial charge in [0.1, 0.15) is 12.7 Å². The molecule has 0 bridgehead atoms. The molecule has 0 aromatic heterocycles. The molecule has 0 spiro atoms. The Balaban J connectivity index is 1.91. The first-order valence-electron chi connectivity index (χ1n) is 8.12. The van der Waals surface area contributed by atoms with Gasteiger partial charge in [-0.3, -0.25) is 9.36 Å². The molecule has 0 amide bonds. The lowest BCUT2D eigenvalue weighted by Crippen LogP contribution is -2.31. The Labute approximate surface area is 141 Å². The maximum atomic E-state index is 13.3. The fourth-order valence-electron chi connectivity index (χ4n) is 3.14. The first-order chi connectivity index (χ1) is 11.5. The van der Waals surface area contributed by atoms with Crippen molar-refractivity contribution in [3.05, 3.63) is 42.5 Å². The molecule has 1 N–H and O–H groups in total. The van der Waals surface area contributed by atoms with Crippen molar-refractivity contribution in [1.82, 2.24) is 0 Å². The molecule has 24 heavy (non-hydrogen) atoms. The molecule has 5 nitrogen and oxygen atoms in total. The fourth-order valence-corrected chi connectivity index (χ4v) is 5.42. The highest BCUT2D eigenvalue weighted by Gasteiger charge is 2.44. The molecule has 6 heteroatoms. The van der Waals surface area contributed by atoms with Gasteiger partial charge in [0.15, 0.2) is 0 Å². The summed E-state index contributed by atoms with van der Waals surface area (Å²) in [4.78, 5) is 22.3. The lowest BCUT2D eigenvalue weighted by atomic mass is 10.1. The van der Waals surface area contributed by atoms with Gasteiger partial charge in [-0.05, 0) is 23.3 Å². The Kier molecular flexibility index (Phi) is 5.04. The van der Waals surface area contributed by atoms with E-state index in [9.17, 15) is 14.3 Å². The Bertz CT molecular complexity index is 783. The van der Waals surface area contributed by atoms with E-state index in [0.717, 1.165) is 10.8 Å². The van der Waals surface area contributed by atoms with E-state index in [1.54, 1.807) is 19.1 Å². The van der Waals surface area contributed by atoms with E-state index in [4.69, 9.17) is 9.47 Å². The van der Waals surface area contributed by atoms with E-state index in [2.05, 4.69) is 0 Å². The van der Waals surface area contributed by atoms with E-state index in [-0.39, 0.29) is 19.0 Å². The average molecular weight is 348 g/mol. The third-order valence-corrected chi connectivity index (χ3v) is 7.00. The second-order valence-electron chi connectivity index (χ2n) is 5.92. The molecule has 0 radical (unpaired) electrons. The molecule has 128 valence electrons. The number of hydrogen-bond donors (Lipinski definition) is 1. The summed E-state index contributed by atoms with van der Waals surface area (Å²) in [6, 6.07) is 13.0. The minimum Gasteiger partial charge on any atom is -0.463 e. The molecule has 3 unspecified atom stereocenters. The van der Waals surface area contributed by atoms with Crippen LogP contribution in [0, 0.1) is 0 Å². The van der Waals surface area contributed by atoms with Crippen molar-refractivity contribution in [2.45, 2.75) is 31.5 Å². The van der Waals surface area contributed by atoms with E-state index in [0.29, 0.717) is 18.3 Å². The number of hydrogen-bond acceptors (Lipinski definition) is 4. The zero-order valence-electron chi connectivity index (χ0n) is 13.6. The number of carbonyl (C=O) groups is 1. The number of rotatable bonds is 5. The van der Waals surface area contributed by atoms with Crippen molar-refractivity contribution in [2.75, 3.05) is 13.2 Å².